The van der Waals surface area contributed by atoms with Crippen LogP contribution in [-0.2, 0) is 0 Å². The van der Waals surface area contributed by atoms with Crippen molar-refractivity contribution >= 4 is 18.1 Å². The molecule has 10 heteroatoms. The number of aromatic nitrogens is 2. The van der Waals surface area contributed by atoms with E-state index in [1.165, 1.54) is 17.3 Å². The van der Waals surface area contributed by atoms with Gasteiger partial charge in [-0.3, -0.25) is 4.90 Å². The molecule has 3 amide bonds. The van der Waals surface area contributed by atoms with E-state index in [1.54, 1.807) is 0 Å². The number of amides is 3. The molecule has 0 radical (unpaired) electrons. The maximum absolute atomic E-state index is 12.6. The molecule has 24 heavy (non-hydrogen) atoms. The van der Waals surface area contributed by atoms with E-state index in [0.29, 0.717) is 6.54 Å². The van der Waals surface area contributed by atoms with Crippen LogP contribution in [0.2, 0.25) is 0 Å². The predicted octanol–water partition coefficient (Wildman–Crippen LogP) is 1.28. The highest BCUT2D eigenvalue weighted by Crippen LogP contribution is 2.20. The van der Waals surface area contributed by atoms with Crippen molar-refractivity contribution in [1.29, 1.82) is 0 Å². The smallest absolute Gasteiger partial charge is 0.404 e. The van der Waals surface area contributed by atoms with Gasteiger partial charge in [0.05, 0.1) is 30.8 Å². The summed E-state index contributed by atoms with van der Waals surface area (Å²) in [7, 11) is 0. The molecule has 0 aliphatic carbocycles. The standard InChI is InChI=1S/C14H18FN5O4/c1-14(2)8-20(12(21)19-14)11-16-5-10(6-17-11)24-7-9(3-15)4-18-13(22)23/h3,5-6,18H,4,7-8H2,1-2H3,(H,19,21)(H,22,23)/b9-3+. The largest absolute Gasteiger partial charge is 0.486 e. The van der Waals surface area contributed by atoms with Crippen molar-refractivity contribution < 1.29 is 23.8 Å². The summed E-state index contributed by atoms with van der Waals surface area (Å²) in [6, 6.07) is -0.281. The van der Waals surface area contributed by atoms with Gasteiger partial charge in [-0.2, -0.15) is 0 Å². The van der Waals surface area contributed by atoms with Crippen molar-refractivity contribution in [3.63, 3.8) is 0 Å². The maximum Gasteiger partial charge on any atom is 0.404 e. The van der Waals surface area contributed by atoms with Crippen molar-refractivity contribution in [1.82, 2.24) is 20.6 Å². The zero-order chi connectivity index (χ0) is 17.7. The van der Waals surface area contributed by atoms with E-state index in [1.807, 2.05) is 19.2 Å². The Labute approximate surface area is 137 Å². The first-order chi connectivity index (χ1) is 11.3. The van der Waals surface area contributed by atoms with E-state index in [4.69, 9.17) is 9.84 Å². The predicted molar refractivity (Wildman–Crippen MR) is 82.7 cm³/mol. The number of nitrogens with one attached hydrogen (secondary N) is 2. The second kappa shape index (κ2) is 7.11. The normalized spacial score (nSPS) is 16.7. The van der Waals surface area contributed by atoms with E-state index in [-0.39, 0.29) is 48.3 Å². The number of carbonyl (C=O) groups excluding carboxylic acids is 1. The number of carbonyl (C=O) groups is 2. The number of rotatable bonds is 6. The van der Waals surface area contributed by atoms with Crippen molar-refractivity contribution in [3.8, 4) is 5.75 Å². The van der Waals surface area contributed by atoms with Gasteiger partial charge in [-0.05, 0) is 13.8 Å². The number of urea groups is 1. The van der Waals surface area contributed by atoms with Gasteiger partial charge >= 0.3 is 12.1 Å². The van der Waals surface area contributed by atoms with Crippen LogP contribution in [0.5, 0.6) is 5.75 Å². The number of anilines is 1. The van der Waals surface area contributed by atoms with Gasteiger partial charge in [0, 0.05) is 12.1 Å². The van der Waals surface area contributed by atoms with Crippen LogP contribution in [0.25, 0.3) is 0 Å². The minimum Gasteiger partial charge on any atom is -0.486 e. The van der Waals surface area contributed by atoms with Crippen LogP contribution < -0.4 is 20.3 Å². The number of hydrogen-bond acceptors (Lipinski definition) is 5. The fourth-order valence-corrected chi connectivity index (χ4v) is 2.03. The summed E-state index contributed by atoms with van der Waals surface area (Å²) in [5, 5.41) is 13.3. The lowest BCUT2D eigenvalue weighted by Crippen LogP contribution is -2.36. The summed E-state index contributed by atoms with van der Waals surface area (Å²) in [5.74, 6) is 0.506. The third-order valence-electron chi connectivity index (χ3n) is 3.15. The van der Waals surface area contributed by atoms with E-state index >= 15 is 0 Å². The van der Waals surface area contributed by atoms with Gasteiger partial charge in [-0.1, -0.05) is 0 Å². The Hall–Kier alpha value is -2.91. The molecular formula is C14H18FN5O4. The van der Waals surface area contributed by atoms with Crippen molar-refractivity contribution in [2.24, 2.45) is 0 Å². The topological polar surface area (TPSA) is 117 Å². The molecule has 1 aliphatic rings. The number of hydrogen-bond donors (Lipinski definition) is 3. The summed E-state index contributed by atoms with van der Waals surface area (Å²) < 4.78 is 17.9. The van der Waals surface area contributed by atoms with Crippen LogP contribution in [0, 0.1) is 0 Å². The van der Waals surface area contributed by atoms with Gasteiger partial charge in [0.15, 0.2) is 5.75 Å². The molecular weight excluding hydrogens is 321 g/mol. The molecule has 2 heterocycles. The summed E-state index contributed by atoms with van der Waals surface area (Å²) in [6.45, 7) is 3.86. The highest BCUT2D eigenvalue weighted by molar-refractivity contribution is 5.93. The van der Waals surface area contributed by atoms with E-state index in [2.05, 4.69) is 15.3 Å². The van der Waals surface area contributed by atoms with E-state index < -0.39 is 6.09 Å². The second-order valence-electron chi connectivity index (χ2n) is 5.83. The summed E-state index contributed by atoms with van der Waals surface area (Å²) >= 11 is 0. The van der Waals surface area contributed by atoms with Gasteiger partial charge in [0.2, 0.25) is 5.95 Å². The molecule has 0 saturated carbocycles. The Morgan fingerprint density at radius 2 is 2.21 bits per heavy atom. The molecule has 130 valence electrons. The van der Waals surface area contributed by atoms with Gasteiger partial charge in [-0.15, -0.1) is 0 Å². The lowest BCUT2D eigenvalue weighted by Gasteiger charge is -2.16. The Balaban J connectivity index is 1.93. The molecule has 0 bridgehead atoms. The van der Waals surface area contributed by atoms with Crippen LogP contribution in [-0.4, -0.2) is 52.4 Å². The molecule has 1 saturated heterocycles. The minimum atomic E-state index is -1.26. The molecule has 2 rings (SSSR count). The molecule has 0 spiro atoms. The Morgan fingerprint density at radius 3 is 2.71 bits per heavy atom. The van der Waals surface area contributed by atoms with Crippen LogP contribution in [0.1, 0.15) is 13.8 Å². The Morgan fingerprint density at radius 1 is 1.54 bits per heavy atom. The van der Waals surface area contributed by atoms with Crippen molar-refractivity contribution in [2.45, 2.75) is 19.4 Å². The molecule has 9 nitrogen and oxygen atoms in total. The van der Waals surface area contributed by atoms with Crippen LogP contribution in [0.15, 0.2) is 24.3 Å². The fourth-order valence-electron chi connectivity index (χ4n) is 2.03. The molecule has 1 aromatic rings. The third-order valence-corrected chi connectivity index (χ3v) is 3.15. The van der Waals surface area contributed by atoms with Crippen LogP contribution >= 0.6 is 0 Å². The first-order valence-corrected chi connectivity index (χ1v) is 7.10. The van der Waals surface area contributed by atoms with Crippen molar-refractivity contribution in [2.75, 3.05) is 24.6 Å². The summed E-state index contributed by atoms with van der Waals surface area (Å²) in [5.41, 5.74) is -0.254. The summed E-state index contributed by atoms with van der Waals surface area (Å²) in [6.07, 6.45) is 1.75. The first-order valence-electron chi connectivity index (χ1n) is 7.10. The number of halogens is 1. The second-order valence-corrected chi connectivity index (χ2v) is 5.83. The average molecular weight is 339 g/mol. The first kappa shape index (κ1) is 17.4. The summed E-state index contributed by atoms with van der Waals surface area (Å²) in [4.78, 5) is 31.8. The molecule has 3 N–H and O–H groups in total. The monoisotopic (exact) mass is 339 g/mol. The number of carboxylic acid groups (broad SMARTS) is 1. The quantitative estimate of drug-likeness (QED) is 0.719. The van der Waals surface area contributed by atoms with Gasteiger partial charge in [0.1, 0.15) is 6.61 Å². The molecule has 1 aromatic heterocycles. The van der Waals surface area contributed by atoms with Gasteiger partial charge in [0.25, 0.3) is 0 Å². The molecule has 1 aliphatic heterocycles. The Kier molecular flexibility index (Phi) is 5.17. The molecule has 1 fully saturated rings. The SMILES string of the molecule is CC1(C)CN(c2ncc(OC/C(=C/F)CNC(=O)O)cn2)C(=O)N1. The van der Waals surface area contributed by atoms with E-state index in [0.717, 1.165) is 0 Å². The Bertz CT molecular complexity index is 647. The lowest BCUT2D eigenvalue weighted by molar-refractivity contribution is 0.195. The highest BCUT2D eigenvalue weighted by Gasteiger charge is 2.36. The number of nitrogens with zero attached hydrogens (tertiary/aromatic N) is 3. The maximum atomic E-state index is 12.6. The molecule has 0 atom stereocenters. The minimum absolute atomic E-state index is 0.113. The molecule has 0 aromatic carbocycles. The highest BCUT2D eigenvalue weighted by atomic mass is 19.1. The average Bonchev–Trinajstić information content (AvgIpc) is 2.80. The van der Waals surface area contributed by atoms with Crippen LogP contribution in [0.3, 0.4) is 0 Å². The van der Waals surface area contributed by atoms with Gasteiger partial charge in [-0.25, -0.2) is 23.9 Å². The van der Waals surface area contributed by atoms with Crippen LogP contribution in [0.4, 0.5) is 19.9 Å². The third kappa shape index (κ3) is 4.54. The number of ether oxygens (including phenoxy) is 1. The zero-order valence-corrected chi connectivity index (χ0v) is 13.2. The zero-order valence-electron chi connectivity index (χ0n) is 13.2. The molecule has 0 unspecified atom stereocenters. The van der Waals surface area contributed by atoms with Crippen molar-refractivity contribution in [3.05, 3.63) is 24.3 Å². The van der Waals surface area contributed by atoms with Gasteiger partial charge < -0.3 is 20.5 Å². The lowest BCUT2D eigenvalue weighted by atomic mass is 10.1. The fraction of sp³-hybridized carbons (Fsp3) is 0.429. The van der Waals surface area contributed by atoms with E-state index in [9.17, 15) is 14.0 Å².